The average Bonchev–Trinajstić information content (AvgIpc) is 2.15. The molecule has 1 rings (SSSR count). The van der Waals surface area contributed by atoms with Gasteiger partial charge in [0.15, 0.2) is 0 Å². The van der Waals surface area contributed by atoms with E-state index in [1.165, 1.54) is 12.1 Å². The predicted octanol–water partition coefficient (Wildman–Crippen LogP) is 3.98. The highest BCUT2D eigenvalue weighted by atomic mass is 127. The van der Waals surface area contributed by atoms with Crippen LogP contribution in [0.15, 0.2) is 18.2 Å². The molecule has 0 amide bonds. The van der Waals surface area contributed by atoms with E-state index in [1.807, 2.05) is 0 Å². The molecule has 0 radical (unpaired) electrons. The Kier molecular flexibility index (Phi) is 5.77. The zero-order valence-electron chi connectivity index (χ0n) is 7.60. The molecule has 0 N–H and O–H groups in total. The van der Waals surface area contributed by atoms with Crippen molar-refractivity contribution in [3.8, 4) is 5.75 Å². The first kappa shape index (κ1) is 12.2. The highest BCUT2D eigenvalue weighted by Gasteiger charge is 2.01. The van der Waals surface area contributed by atoms with Crippen molar-refractivity contribution >= 4 is 38.5 Å². The highest BCUT2D eigenvalue weighted by Crippen LogP contribution is 2.21. The maximum atomic E-state index is 12.7. The lowest BCUT2D eigenvalue weighted by Gasteiger charge is -2.07. The van der Waals surface area contributed by atoms with Gasteiger partial charge in [0.25, 0.3) is 0 Å². The molecule has 0 atom stereocenters. The van der Waals surface area contributed by atoms with Gasteiger partial charge in [0, 0.05) is 5.33 Å². The van der Waals surface area contributed by atoms with Gasteiger partial charge in [-0.2, -0.15) is 0 Å². The summed E-state index contributed by atoms with van der Waals surface area (Å²) in [5.41, 5.74) is 0. The number of ether oxygens (including phenoxy) is 1. The number of alkyl halides is 1. The molecule has 0 saturated heterocycles. The van der Waals surface area contributed by atoms with Crippen LogP contribution < -0.4 is 4.74 Å². The predicted molar refractivity (Wildman–Crippen MR) is 67.6 cm³/mol. The van der Waals surface area contributed by atoms with Crippen molar-refractivity contribution in [1.29, 1.82) is 0 Å². The van der Waals surface area contributed by atoms with E-state index < -0.39 is 0 Å². The molecule has 0 aliphatic heterocycles. The molecule has 0 saturated carbocycles. The van der Waals surface area contributed by atoms with Crippen molar-refractivity contribution in [2.75, 3.05) is 11.9 Å². The normalized spacial score (nSPS) is 10.2. The molecule has 0 unspecified atom stereocenters. The Morgan fingerprint density at radius 1 is 1.36 bits per heavy atom. The van der Waals surface area contributed by atoms with Crippen LogP contribution in [0.2, 0.25) is 0 Å². The van der Waals surface area contributed by atoms with E-state index in [0.717, 1.165) is 27.5 Å². The largest absolute Gasteiger partial charge is 0.492 e. The zero-order chi connectivity index (χ0) is 10.4. The fraction of sp³-hybridized carbons (Fsp3) is 0.400. The third kappa shape index (κ3) is 4.13. The fourth-order valence-corrected chi connectivity index (χ4v) is 2.00. The van der Waals surface area contributed by atoms with Gasteiger partial charge in [-0.3, -0.25) is 0 Å². The third-order valence-electron chi connectivity index (χ3n) is 1.68. The molecule has 1 aromatic carbocycles. The molecule has 1 nitrogen and oxygen atoms in total. The summed E-state index contributed by atoms with van der Waals surface area (Å²) in [5.74, 6) is 0.545. The van der Waals surface area contributed by atoms with Crippen LogP contribution in [0.3, 0.4) is 0 Å². The summed E-state index contributed by atoms with van der Waals surface area (Å²) < 4.78 is 19.0. The lowest BCUT2D eigenvalue weighted by Crippen LogP contribution is -1.99. The minimum absolute atomic E-state index is 0.220. The third-order valence-corrected chi connectivity index (χ3v) is 3.08. The van der Waals surface area contributed by atoms with Crippen molar-refractivity contribution in [1.82, 2.24) is 0 Å². The quantitative estimate of drug-likeness (QED) is 0.431. The van der Waals surface area contributed by atoms with Gasteiger partial charge < -0.3 is 4.74 Å². The Hall–Kier alpha value is 0.160. The van der Waals surface area contributed by atoms with Crippen LogP contribution >= 0.6 is 38.5 Å². The van der Waals surface area contributed by atoms with Crippen LogP contribution in [0.1, 0.15) is 12.8 Å². The minimum Gasteiger partial charge on any atom is -0.492 e. The first-order valence-electron chi connectivity index (χ1n) is 4.38. The highest BCUT2D eigenvalue weighted by molar-refractivity contribution is 14.1. The van der Waals surface area contributed by atoms with E-state index in [9.17, 15) is 4.39 Å². The van der Waals surface area contributed by atoms with Crippen molar-refractivity contribution in [3.63, 3.8) is 0 Å². The van der Waals surface area contributed by atoms with Crippen molar-refractivity contribution < 1.29 is 9.13 Å². The molecular formula is C10H11BrFIO. The van der Waals surface area contributed by atoms with Crippen LogP contribution in [0.5, 0.6) is 5.75 Å². The molecule has 14 heavy (non-hydrogen) atoms. The van der Waals surface area contributed by atoms with Crippen LogP contribution in [-0.2, 0) is 0 Å². The molecule has 0 fully saturated rings. The number of rotatable bonds is 5. The van der Waals surface area contributed by atoms with Gasteiger partial charge >= 0.3 is 0 Å². The topological polar surface area (TPSA) is 9.23 Å². The summed E-state index contributed by atoms with van der Waals surface area (Å²) in [7, 11) is 0. The van der Waals surface area contributed by atoms with Crippen LogP contribution in [0.4, 0.5) is 4.39 Å². The van der Waals surface area contributed by atoms with Crippen LogP contribution in [0.25, 0.3) is 0 Å². The van der Waals surface area contributed by atoms with E-state index in [-0.39, 0.29) is 5.82 Å². The van der Waals surface area contributed by atoms with Gasteiger partial charge in [0.2, 0.25) is 0 Å². The minimum atomic E-state index is -0.220. The first-order chi connectivity index (χ1) is 6.74. The van der Waals surface area contributed by atoms with Crippen molar-refractivity contribution in [2.24, 2.45) is 0 Å². The molecule has 0 bridgehead atoms. The molecule has 4 heteroatoms. The number of benzene rings is 1. The van der Waals surface area contributed by atoms with Gasteiger partial charge in [0.05, 0.1) is 10.2 Å². The number of unbranched alkanes of at least 4 members (excludes halogenated alkanes) is 1. The fourth-order valence-electron chi connectivity index (χ4n) is 0.971. The Morgan fingerprint density at radius 3 is 2.79 bits per heavy atom. The van der Waals surface area contributed by atoms with E-state index in [2.05, 4.69) is 38.5 Å². The van der Waals surface area contributed by atoms with Gasteiger partial charge in [-0.05, 0) is 53.6 Å². The molecule has 0 aromatic heterocycles. The Labute approximate surface area is 105 Å². The maximum absolute atomic E-state index is 12.7. The maximum Gasteiger partial charge on any atom is 0.132 e. The summed E-state index contributed by atoms with van der Waals surface area (Å²) in [6, 6.07) is 4.56. The molecule has 78 valence electrons. The van der Waals surface area contributed by atoms with Crippen molar-refractivity contribution in [2.45, 2.75) is 12.8 Å². The van der Waals surface area contributed by atoms with Gasteiger partial charge in [0.1, 0.15) is 11.6 Å². The molecule has 1 aromatic rings. The second kappa shape index (κ2) is 6.61. The first-order valence-corrected chi connectivity index (χ1v) is 6.58. The summed E-state index contributed by atoms with van der Waals surface area (Å²) in [5, 5.41) is 0.997. The van der Waals surface area contributed by atoms with Crippen LogP contribution in [-0.4, -0.2) is 11.9 Å². The Balaban J connectivity index is 2.42. The Bertz CT molecular complexity index is 293. The van der Waals surface area contributed by atoms with E-state index in [4.69, 9.17) is 4.74 Å². The Morgan fingerprint density at radius 2 is 2.14 bits per heavy atom. The summed E-state index contributed by atoms with van der Waals surface area (Å²) in [6.45, 7) is 0.688. The molecule has 0 heterocycles. The number of halogens is 3. The number of hydrogen-bond donors (Lipinski definition) is 0. The monoisotopic (exact) mass is 372 g/mol. The SMILES string of the molecule is Fc1ccc(OCCCCBr)c(I)c1. The summed E-state index contributed by atoms with van der Waals surface area (Å²) in [6.07, 6.45) is 2.11. The van der Waals surface area contributed by atoms with E-state index in [1.54, 1.807) is 6.07 Å². The molecule has 0 spiro atoms. The standard InChI is InChI=1S/C10H11BrFIO/c11-5-1-2-6-14-10-4-3-8(12)7-9(10)13/h3-4,7H,1-2,5-6H2. The second-order valence-corrected chi connectivity index (χ2v) is 4.77. The van der Waals surface area contributed by atoms with E-state index >= 15 is 0 Å². The van der Waals surface area contributed by atoms with Gasteiger partial charge in [-0.25, -0.2) is 4.39 Å². The second-order valence-electron chi connectivity index (χ2n) is 2.82. The van der Waals surface area contributed by atoms with Gasteiger partial charge in [-0.15, -0.1) is 0 Å². The summed E-state index contributed by atoms with van der Waals surface area (Å²) >= 11 is 5.43. The average molecular weight is 373 g/mol. The molecular weight excluding hydrogens is 362 g/mol. The lowest BCUT2D eigenvalue weighted by molar-refractivity contribution is 0.307. The zero-order valence-corrected chi connectivity index (χ0v) is 11.3. The summed E-state index contributed by atoms with van der Waals surface area (Å²) in [4.78, 5) is 0. The number of hydrogen-bond acceptors (Lipinski definition) is 1. The van der Waals surface area contributed by atoms with Crippen LogP contribution in [0, 0.1) is 9.39 Å². The molecule has 0 aliphatic carbocycles. The van der Waals surface area contributed by atoms with E-state index in [0.29, 0.717) is 6.61 Å². The van der Waals surface area contributed by atoms with Crippen molar-refractivity contribution in [3.05, 3.63) is 27.6 Å². The molecule has 0 aliphatic rings. The smallest absolute Gasteiger partial charge is 0.132 e. The lowest BCUT2D eigenvalue weighted by atomic mass is 10.3. The van der Waals surface area contributed by atoms with Gasteiger partial charge in [-0.1, -0.05) is 15.9 Å².